The molecule has 0 radical (unpaired) electrons. The molecule has 31 heteroatoms. The van der Waals surface area contributed by atoms with Gasteiger partial charge in [0.1, 0.15) is 45.7 Å². The predicted molar refractivity (Wildman–Crippen MR) is 400 cm³/mol. The van der Waals surface area contributed by atoms with Gasteiger partial charge in [-0.1, -0.05) is 71.9 Å². The molecular weight excluding hydrogens is 1490 g/mol. The van der Waals surface area contributed by atoms with Crippen LogP contribution in [0.5, 0.6) is 23.0 Å². The molecule has 4 saturated heterocycles. The number of methoxy groups -OCH3 is 2. The molecule has 6 amide bonds. The predicted octanol–water partition coefficient (Wildman–Crippen LogP) is 9.57. The minimum Gasteiger partial charge on any atom is -0.507 e. The number of Topliss-reactive ketones (excluding diaryl/α,β-unsaturated/α-hetero) is 2. The van der Waals surface area contributed by atoms with Crippen LogP contribution in [0.3, 0.4) is 0 Å². The molecule has 6 unspecified atom stereocenters. The number of allylic oxidation sites excluding steroid dienone is 2. The number of ketones is 4. The van der Waals surface area contributed by atoms with Crippen LogP contribution in [0.2, 0.25) is 0 Å². The van der Waals surface area contributed by atoms with E-state index in [0.29, 0.717) is 117 Å². The molecule has 0 aromatic heterocycles. The number of benzene rings is 4. The number of phenolic OH excluding ortho intramolecular Hbond substituents is 1. The number of rotatable bonds is 44. The van der Waals surface area contributed by atoms with Crippen molar-refractivity contribution in [1.82, 2.24) is 31.9 Å². The normalized spacial score (nSPS) is 17.6. The van der Waals surface area contributed by atoms with Gasteiger partial charge in [0, 0.05) is 98.3 Å². The molecule has 4 heterocycles. The van der Waals surface area contributed by atoms with E-state index in [1.807, 2.05) is 46.1 Å². The molecule has 4 aliphatic rings. The second-order valence-corrected chi connectivity index (χ2v) is 27.7. The van der Waals surface area contributed by atoms with Crippen LogP contribution in [-0.2, 0) is 38.1 Å². The van der Waals surface area contributed by atoms with Crippen molar-refractivity contribution in [2.45, 2.75) is 126 Å². The van der Waals surface area contributed by atoms with Gasteiger partial charge in [0.15, 0.2) is 18.2 Å². The standard InChI is InChI=1S/C36H46N4O10S.C19H32IN3O5S.C17H15NO5/c1-24-19-30(47-2)34(29(42)13-12-25-7-5-8-26(21-25)40(45)46)31(20-24)50-22-33(43)37-14-16-49-18-17-48-15-6-10-27(41)9-3-4-11-32-35-28(23-51-32)38-36(44)39-35;20-12-17(25)21-7-9-28-11-10-27-8-3-5-14(24)4-1-2-6-16-18-15(13-29-16)22-19(26)23-18;1-11-8-15(20)17(16(9-11)23-2)14(19)7-6-12-4-3-5-13(10-12)18(21)22/h5,7-8,12-13,19-21,28,32,35H,3-4,6,9-11,14-18,22-23H2,1-2H3,(H,37,43)(H2,38,39,44);15-16,18H,1-13H2,(H,21,25)(H2,22,23,26);3-10,20H,1-2H3/b13-12+;;7-6+. The highest BCUT2D eigenvalue weighted by molar-refractivity contribution is 14.1. The maximum absolute atomic E-state index is 13.2. The minimum absolute atomic E-state index is 0.0146. The molecule has 103 heavy (non-hydrogen) atoms. The Morgan fingerprint density at radius 3 is 1.46 bits per heavy atom. The van der Waals surface area contributed by atoms with Crippen LogP contribution in [0.1, 0.15) is 120 Å². The van der Waals surface area contributed by atoms with Gasteiger partial charge in [0.2, 0.25) is 5.91 Å². The Labute approximate surface area is 621 Å². The molecule has 0 bridgehead atoms. The number of nitro benzene ring substituents is 2. The van der Waals surface area contributed by atoms with Gasteiger partial charge in [0.25, 0.3) is 17.3 Å². The highest BCUT2D eigenvalue weighted by atomic mass is 127. The van der Waals surface area contributed by atoms with E-state index < -0.39 is 27.3 Å². The molecule has 6 atom stereocenters. The van der Waals surface area contributed by atoms with Crippen LogP contribution >= 0.6 is 46.1 Å². The molecule has 0 saturated carbocycles. The van der Waals surface area contributed by atoms with Gasteiger partial charge < -0.3 is 70.2 Å². The number of nitrogens with one attached hydrogen (secondary N) is 6. The molecule has 0 spiro atoms. The van der Waals surface area contributed by atoms with E-state index in [-0.39, 0.29) is 113 Å². The van der Waals surface area contributed by atoms with Gasteiger partial charge in [-0.2, -0.15) is 23.5 Å². The molecule has 4 aromatic carbocycles. The van der Waals surface area contributed by atoms with Crippen molar-refractivity contribution in [3.63, 3.8) is 0 Å². The first-order chi connectivity index (χ1) is 49.7. The number of fused-ring (bicyclic) bond motifs is 2. The fraction of sp³-hybridized carbons (Fsp3) is 0.500. The lowest BCUT2D eigenvalue weighted by atomic mass is 10.0. The number of carbonyl (C=O) groups excluding carboxylic acids is 8. The maximum Gasteiger partial charge on any atom is 0.315 e. The van der Waals surface area contributed by atoms with Crippen molar-refractivity contribution < 1.29 is 86.5 Å². The molecular formula is C72H93IN8O20S2. The molecule has 560 valence electrons. The molecule has 0 aliphatic carbocycles. The van der Waals surface area contributed by atoms with Gasteiger partial charge in [-0.15, -0.1) is 0 Å². The third-order valence-corrected chi connectivity index (χ3v) is 20.2. The van der Waals surface area contributed by atoms with Crippen LogP contribution in [0.4, 0.5) is 21.0 Å². The van der Waals surface area contributed by atoms with E-state index >= 15 is 0 Å². The fourth-order valence-electron chi connectivity index (χ4n) is 11.4. The average molecular weight is 1580 g/mol. The molecule has 4 aromatic rings. The Morgan fingerprint density at radius 2 is 0.990 bits per heavy atom. The smallest absolute Gasteiger partial charge is 0.315 e. The van der Waals surface area contributed by atoms with E-state index in [0.717, 1.165) is 67.6 Å². The average Bonchev–Trinajstić information content (AvgIpc) is 1.81. The Kier molecular flexibility index (Phi) is 37.2. The summed E-state index contributed by atoms with van der Waals surface area (Å²) in [7, 11) is 2.83. The number of unbranched alkanes of at least 4 members (excludes halogenated alkanes) is 2. The number of nitro groups is 2. The minimum atomic E-state index is -0.513. The number of amides is 6. The topological polar surface area (TPSA) is 380 Å². The molecule has 4 fully saturated rings. The molecule has 28 nitrogen and oxygen atoms in total. The third kappa shape index (κ3) is 29.8. The monoisotopic (exact) mass is 1580 g/mol. The summed E-state index contributed by atoms with van der Waals surface area (Å²) in [5, 5.41) is 50.0. The second kappa shape index (κ2) is 45.8. The number of nitrogens with zero attached hydrogens (tertiary/aromatic N) is 2. The summed E-state index contributed by atoms with van der Waals surface area (Å²) in [5.41, 5.74) is 2.53. The number of carbonyl (C=O) groups is 8. The lowest BCUT2D eigenvalue weighted by molar-refractivity contribution is -0.385. The number of urea groups is 2. The fourth-order valence-corrected chi connectivity index (χ4v) is 14.8. The van der Waals surface area contributed by atoms with Crippen molar-refractivity contribution in [2.24, 2.45) is 0 Å². The number of non-ortho nitro benzene ring substituents is 2. The van der Waals surface area contributed by atoms with Gasteiger partial charge >= 0.3 is 12.1 Å². The third-order valence-electron chi connectivity index (χ3n) is 16.5. The summed E-state index contributed by atoms with van der Waals surface area (Å²) >= 11 is 5.82. The maximum atomic E-state index is 13.2. The zero-order valence-corrected chi connectivity index (χ0v) is 62.2. The summed E-state index contributed by atoms with van der Waals surface area (Å²) in [6.07, 6.45) is 14.9. The lowest BCUT2D eigenvalue weighted by Gasteiger charge is -2.16. The molecule has 7 N–H and O–H groups in total. The number of hydrogen-bond acceptors (Lipinski definition) is 22. The van der Waals surface area contributed by atoms with Crippen LogP contribution in [0.25, 0.3) is 12.2 Å². The van der Waals surface area contributed by atoms with Gasteiger partial charge in [-0.05, 0) is 111 Å². The number of halogens is 1. The van der Waals surface area contributed by atoms with E-state index in [1.54, 1.807) is 44.2 Å². The summed E-state index contributed by atoms with van der Waals surface area (Å²) < 4.78 is 38.6. The zero-order valence-electron chi connectivity index (χ0n) is 58.4. The lowest BCUT2D eigenvalue weighted by Crippen LogP contribution is -2.36. The van der Waals surface area contributed by atoms with E-state index in [9.17, 15) is 63.7 Å². The Morgan fingerprint density at radius 1 is 0.563 bits per heavy atom. The Hall–Kier alpha value is -8.21. The van der Waals surface area contributed by atoms with Gasteiger partial charge in [-0.25, -0.2) is 9.59 Å². The highest BCUT2D eigenvalue weighted by Gasteiger charge is 2.43. The number of ether oxygens (including phenoxy) is 7. The summed E-state index contributed by atoms with van der Waals surface area (Å²) in [6, 6.07) is 19.0. The number of alkyl halides is 1. The van der Waals surface area contributed by atoms with Crippen LogP contribution < -0.4 is 46.1 Å². The molecule has 8 rings (SSSR count). The van der Waals surface area contributed by atoms with Crippen molar-refractivity contribution in [3.8, 4) is 23.0 Å². The van der Waals surface area contributed by atoms with Crippen molar-refractivity contribution >= 4 is 117 Å². The Balaban J connectivity index is 0.000000269. The SMILES string of the molecule is COc1cc(C)cc(O)c1C(=O)/C=C/c1cccc([N+](=O)[O-])c1.COc1cc(C)cc(OCC(=O)NCCOCCOCCCC(=O)CCCCC2SCC3NC(=O)NC32)c1C(=O)/C=C/c1cccc([N+](=O)[O-])c1.O=C(CCCCC1SCC2NC(=O)NC21)CCCOCCOCCNC(=O)CI. The van der Waals surface area contributed by atoms with Crippen LogP contribution in [0.15, 0.2) is 84.9 Å². The first kappa shape index (κ1) is 83.7. The largest absolute Gasteiger partial charge is 0.507 e. The van der Waals surface area contributed by atoms with E-state index in [4.69, 9.17) is 33.2 Å². The van der Waals surface area contributed by atoms with Crippen molar-refractivity contribution in [3.05, 3.63) is 139 Å². The zero-order chi connectivity index (χ0) is 74.5. The quantitative estimate of drug-likeness (QED) is 0.00316. The van der Waals surface area contributed by atoms with Gasteiger partial charge in [-0.3, -0.25) is 49.0 Å². The van der Waals surface area contributed by atoms with Crippen LogP contribution in [0, 0.1) is 34.1 Å². The number of phenols is 1. The van der Waals surface area contributed by atoms with E-state index in [1.165, 1.54) is 81.0 Å². The second-order valence-electron chi connectivity index (χ2n) is 24.4. The first-order valence-corrected chi connectivity index (χ1v) is 37.7. The summed E-state index contributed by atoms with van der Waals surface area (Å²) in [4.78, 5) is 117. The number of thioether (sulfide) groups is 2. The summed E-state index contributed by atoms with van der Waals surface area (Å²) in [6.45, 7) is 7.48. The Bertz CT molecular complexity index is 3580. The van der Waals surface area contributed by atoms with E-state index in [2.05, 4.69) is 31.9 Å². The van der Waals surface area contributed by atoms with Crippen molar-refractivity contribution in [1.29, 1.82) is 0 Å². The van der Waals surface area contributed by atoms with Crippen LogP contribution in [-0.4, -0.2) is 199 Å². The number of hydrogen-bond donors (Lipinski definition) is 7. The highest BCUT2D eigenvalue weighted by Crippen LogP contribution is 2.36. The van der Waals surface area contributed by atoms with Crippen molar-refractivity contribution in [2.75, 3.05) is 103 Å². The molecule has 4 aliphatic heterocycles. The van der Waals surface area contributed by atoms with Gasteiger partial charge in [0.05, 0.1) is 92.3 Å². The summed E-state index contributed by atoms with van der Waals surface area (Å²) in [5.74, 6) is 1.69. The number of aromatic hydroxyl groups is 1. The first-order valence-electron chi connectivity index (χ1n) is 34.1. The number of aryl methyl sites for hydroxylation is 2.